The highest BCUT2D eigenvalue weighted by atomic mass is 16.4. The average molecular weight is 374 g/mol. The van der Waals surface area contributed by atoms with Crippen LogP contribution in [0.25, 0.3) is 0 Å². The molecule has 0 heterocycles. The van der Waals surface area contributed by atoms with E-state index in [0.29, 0.717) is 0 Å². The van der Waals surface area contributed by atoms with Crippen molar-refractivity contribution in [2.75, 3.05) is 0 Å². The fourth-order valence-electron chi connectivity index (χ4n) is 1.84. The van der Waals surface area contributed by atoms with E-state index in [-0.39, 0.29) is 6.42 Å². The summed E-state index contributed by atoms with van der Waals surface area (Å²) in [6, 6.07) is -4.12. The van der Waals surface area contributed by atoms with E-state index in [4.69, 9.17) is 21.7 Å². The highest BCUT2D eigenvalue weighted by Crippen LogP contribution is 2.01. The van der Waals surface area contributed by atoms with Gasteiger partial charge in [-0.15, -0.1) is 0 Å². The van der Waals surface area contributed by atoms with E-state index in [0.717, 1.165) is 6.92 Å². The Bertz CT molecular complexity index is 591. The van der Waals surface area contributed by atoms with Crippen LogP contribution in [0.3, 0.4) is 0 Å². The Labute approximate surface area is 148 Å². The molecule has 0 saturated heterocycles. The Balaban J connectivity index is 5.05. The van der Waals surface area contributed by atoms with Gasteiger partial charge in [0.2, 0.25) is 17.7 Å². The molecule has 1 unspecified atom stereocenters. The monoisotopic (exact) mass is 374 g/mol. The molecule has 0 fully saturated rings. The minimum Gasteiger partial charge on any atom is -0.481 e. The van der Waals surface area contributed by atoms with Gasteiger partial charge in [-0.3, -0.25) is 28.8 Å². The molecule has 12 heteroatoms. The zero-order chi connectivity index (χ0) is 20.4. The first-order valence-electron chi connectivity index (χ1n) is 7.52. The van der Waals surface area contributed by atoms with E-state index >= 15 is 0 Å². The van der Waals surface area contributed by atoms with Crippen molar-refractivity contribution in [1.29, 1.82) is 0 Å². The second-order valence-electron chi connectivity index (χ2n) is 5.54. The molecule has 0 rings (SSSR count). The molecular weight excluding hydrogens is 352 g/mol. The molecule has 0 spiro atoms. The smallest absolute Gasteiger partial charge is 0.305 e. The number of carboxylic acids is 2. The number of nitrogens with two attached hydrogens (primary N) is 2. The summed E-state index contributed by atoms with van der Waals surface area (Å²) in [6.07, 6.45) is -1.92. The Morgan fingerprint density at radius 2 is 1.42 bits per heavy atom. The number of nitrogens with one attached hydrogen (secondary N) is 2. The third kappa shape index (κ3) is 9.32. The summed E-state index contributed by atoms with van der Waals surface area (Å²) in [4.78, 5) is 67.8. The first kappa shape index (κ1) is 23.0. The number of primary amides is 1. The third-order valence-corrected chi connectivity index (χ3v) is 3.23. The maximum absolute atomic E-state index is 12.2. The van der Waals surface area contributed by atoms with Crippen LogP contribution in [-0.2, 0) is 28.8 Å². The van der Waals surface area contributed by atoms with Crippen molar-refractivity contribution in [2.45, 2.75) is 50.7 Å². The minimum atomic E-state index is -1.58. The molecular formula is C14H22N4O8. The van der Waals surface area contributed by atoms with Gasteiger partial charge in [0.25, 0.3) is 0 Å². The number of amides is 3. The lowest BCUT2D eigenvalue weighted by molar-refractivity contribution is -0.141. The van der Waals surface area contributed by atoms with Crippen LogP contribution in [0.4, 0.5) is 0 Å². The SMILES string of the molecule is CC(=O)[C@@H](CC(N)=O)NC(=O)C(CC(=O)O)NC(=O)[C@H](N)CCC(=O)O. The molecule has 12 nitrogen and oxygen atoms in total. The Morgan fingerprint density at radius 1 is 0.885 bits per heavy atom. The minimum absolute atomic E-state index is 0.222. The zero-order valence-electron chi connectivity index (χ0n) is 14.1. The number of hydrogen-bond acceptors (Lipinski definition) is 7. The van der Waals surface area contributed by atoms with Gasteiger partial charge < -0.3 is 32.3 Å². The van der Waals surface area contributed by atoms with Gasteiger partial charge in [-0.2, -0.15) is 0 Å². The van der Waals surface area contributed by atoms with Crippen LogP contribution >= 0.6 is 0 Å². The maximum Gasteiger partial charge on any atom is 0.305 e. The second kappa shape index (κ2) is 10.8. The number of ketones is 1. The second-order valence-corrected chi connectivity index (χ2v) is 5.54. The Kier molecular flexibility index (Phi) is 9.51. The molecule has 0 aromatic carbocycles. The predicted molar refractivity (Wildman–Crippen MR) is 85.5 cm³/mol. The van der Waals surface area contributed by atoms with Crippen molar-refractivity contribution in [3.63, 3.8) is 0 Å². The highest BCUT2D eigenvalue weighted by Gasteiger charge is 2.29. The number of carbonyl (C=O) groups is 6. The summed E-state index contributed by atoms with van der Waals surface area (Å²) in [5, 5.41) is 21.7. The van der Waals surface area contributed by atoms with Crippen LogP contribution in [0.15, 0.2) is 0 Å². The summed E-state index contributed by atoms with van der Waals surface area (Å²) < 4.78 is 0. The molecule has 146 valence electrons. The van der Waals surface area contributed by atoms with Gasteiger partial charge in [-0.1, -0.05) is 0 Å². The van der Waals surface area contributed by atoms with Gasteiger partial charge in [0, 0.05) is 6.42 Å². The third-order valence-electron chi connectivity index (χ3n) is 3.23. The normalized spacial score (nSPS) is 13.8. The van der Waals surface area contributed by atoms with Crippen LogP contribution < -0.4 is 22.1 Å². The van der Waals surface area contributed by atoms with Gasteiger partial charge in [-0.25, -0.2) is 0 Å². The average Bonchev–Trinajstić information content (AvgIpc) is 2.49. The molecule has 8 N–H and O–H groups in total. The van der Waals surface area contributed by atoms with Crippen LogP contribution in [0.5, 0.6) is 0 Å². The molecule has 0 aliphatic carbocycles. The number of carbonyl (C=O) groups excluding carboxylic acids is 4. The lowest BCUT2D eigenvalue weighted by atomic mass is 10.1. The van der Waals surface area contributed by atoms with E-state index in [1.807, 2.05) is 0 Å². The molecule has 0 radical (unpaired) electrons. The van der Waals surface area contributed by atoms with E-state index < -0.39 is 72.8 Å². The van der Waals surface area contributed by atoms with E-state index in [9.17, 15) is 28.8 Å². The number of rotatable bonds is 12. The zero-order valence-corrected chi connectivity index (χ0v) is 14.1. The summed E-state index contributed by atoms with van der Waals surface area (Å²) in [5.41, 5.74) is 10.5. The molecule has 0 saturated carbocycles. The van der Waals surface area contributed by atoms with Crippen LogP contribution in [0.2, 0.25) is 0 Å². The van der Waals surface area contributed by atoms with Crippen molar-refractivity contribution in [3.8, 4) is 0 Å². The fraction of sp³-hybridized carbons (Fsp3) is 0.571. The van der Waals surface area contributed by atoms with Gasteiger partial charge in [-0.05, 0) is 13.3 Å². The Morgan fingerprint density at radius 3 is 1.85 bits per heavy atom. The van der Waals surface area contributed by atoms with Crippen LogP contribution in [-0.4, -0.2) is 63.8 Å². The quantitative estimate of drug-likeness (QED) is 0.206. The lowest BCUT2D eigenvalue weighted by Crippen LogP contribution is -2.55. The number of carboxylic acid groups (broad SMARTS) is 2. The molecule has 0 aliphatic heterocycles. The summed E-state index contributed by atoms with van der Waals surface area (Å²) in [6.45, 7) is 1.10. The van der Waals surface area contributed by atoms with Crippen molar-refractivity contribution >= 4 is 35.4 Å². The molecule has 3 amide bonds. The van der Waals surface area contributed by atoms with Crippen molar-refractivity contribution in [1.82, 2.24) is 10.6 Å². The lowest BCUT2D eigenvalue weighted by Gasteiger charge is -2.22. The van der Waals surface area contributed by atoms with Crippen LogP contribution in [0, 0.1) is 0 Å². The summed E-state index contributed by atoms with van der Waals surface area (Å²) in [5.74, 6) is -5.99. The van der Waals surface area contributed by atoms with Gasteiger partial charge in [0.15, 0.2) is 5.78 Å². The Hall–Kier alpha value is -3.02. The van der Waals surface area contributed by atoms with Gasteiger partial charge in [0.1, 0.15) is 6.04 Å². The predicted octanol–water partition coefficient (Wildman–Crippen LogP) is -2.91. The van der Waals surface area contributed by atoms with Gasteiger partial charge >= 0.3 is 11.9 Å². The maximum atomic E-state index is 12.2. The van der Waals surface area contributed by atoms with Crippen molar-refractivity contribution < 1.29 is 39.0 Å². The standard InChI is InChI=1S/C14H22N4O8/c1-6(19)8(4-10(16)20)17-14(26)9(5-12(23)24)18-13(25)7(15)2-3-11(21)22/h7-9H,2-5,15H2,1H3,(H2,16,20)(H,17,26)(H,18,25)(H,21,22)(H,23,24)/t7-,8-,9?/m1/s1. The van der Waals surface area contributed by atoms with Gasteiger partial charge in [0.05, 0.1) is 24.9 Å². The van der Waals surface area contributed by atoms with Crippen LogP contribution in [0.1, 0.15) is 32.6 Å². The first-order chi connectivity index (χ1) is 11.9. The highest BCUT2D eigenvalue weighted by molar-refractivity contribution is 5.96. The van der Waals surface area contributed by atoms with E-state index in [2.05, 4.69) is 10.6 Å². The van der Waals surface area contributed by atoms with E-state index in [1.165, 1.54) is 0 Å². The first-order valence-corrected chi connectivity index (χ1v) is 7.52. The molecule has 0 aliphatic rings. The summed E-state index contributed by atoms with van der Waals surface area (Å²) in [7, 11) is 0. The molecule has 26 heavy (non-hydrogen) atoms. The molecule has 0 bridgehead atoms. The van der Waals surface area contributed by atoms with E-state index in [1.54, 1.807) is 0 Å². The van der Waals surface area contributed by atoms with Crippen molar-refractivity contribution in [3.05, 3.63) is 0 Å². The van der Waals surface area contributed by atoms with Crippen molar-refractivity contribution in [2.24, 2.45) is 11.5 Å². The number of Topliss-reactive ketones (excluding diaryl/α,β-unsaturated/α-hetero) is 1. The molecule has 0 aromatic rings. The molecule has 3 atom stereocenters. The molecule has 0 aromatic heterocycles. The fourth-order valence-corrected chi connectivity index (χ4v) is 1.84. The number of aliphatic carboxylic acids is 2. The largest absolute Gasteiger partial charge is 0.481 e. The topological polar surface area (TPSA) is 219 Å². The number of hydrogen-bond donors (Lipinski definition) is 6. The summed E-state index contributed by atoms with van der Waals surface area (Å²) >= 11 is 0.